The molecule has 1 saturated heterocycles. The molecule has 1 atom stereocenters. The fraction of sp³-hybridized carbons (Fsp3) is 0.500. The van der Waals surface area contributed by atoms with Crippen LogP contribution in [-0.2, 0) is 6.54 Å². The summed E-state index contributed by atoms with van der Waals surface area (Å²) in [5.41, 5.74) is 3.77. The van der Waals surface area contributed by atoms with Gasteiger partial charge in [0.2, 0.25) is 0 Å². The average molecular weight is 284 g/mol. The molecule has 1 fully saturated rings. The van der Waals surface area contributed by atoms with E-state index in [1.807, 2.05) is 0 Å². The lowest BCUT2D eigenvalue weighted by atomic mass is 10.1. The molecule has 2 aromatic rings. The van der Waals surface area contributed by atoms with Crippen LogP contribution in [0.1, 0.15) is 61.2 Å². The lowest BCUT2D eigenvalue weighted by Gasteiger charge is -2.22. The first kappa shape index (κ1) is 14.3. The van der Waals surface area contributed by atoms with Crippen molar-refractivity contribution in [3.05, 3.63) is 52.9 Å². The van der Waals surface area contributed by atoms with Crippen LogP contribution in [0.3, 0.4) is 0 Å². The van der Waals surface area contributed by atoms with E-state index in [9.17, 15) is 0 Å². The van der Waals surface area contributed by atoms with Crippen molar-refractivity contribution < 1.29 is 4.52 Å². The molecule has 3 heteroatoms. The zero-order valence-electron chi connectivity index (χ0n) is 13.2. The van der Waals surface area contributed by atoms with Crippen molar-refractivity contribution in [2.75, 3.05) is 6.54 Å². The topological polar surface area (TPSA) is 29.3 Å². The molecule has 1 aliphatic rings. The highest BCUT2D eigenvalue weighted by atomic mass is 16.5. The van der Waals surface area contributed by atoms with Crippen molar-refractivity contribution in [1.82, 2.24) is 10.1 Å². The second-order valence-corrected chi connectivity index (χ2v) is 6.43. The molecule has 0 aliphatic carbocycles. The van der Waals surface area contributed by atoms with Crippen molar-refractivity contribution in [1.29, 1.82) is 0 Å². The van der Waals surface area contributed by atoms with Crippen LogP contribution in [0.15, 0.2) is 34.9 Å². The highest BCUT2D eigenvalue weighted by Gasteiger charge is 2.29. The van der Waals surface area contributed by atoms with E-state index < -0.39 is 0 Å². The Labute approximate surface area is 126 Å². The maximum atomic E-state index is 5.61. The molecule has 0 saturated carbocycles. The zero-order valence-corrected chi connectivity index (χ0v) is 13.2. The van der Waals surface area contributed by atoms with Crippen molar-refractivity contribution >= 4 is 0 Å². The van der Waals surface area contributed by atoms with E-state index >= 15 is 0 Å². The van der Waals surface area contributed by atoms with Gasteiger partial charge in [0.05, 0.1) is 11.7 Å². The van der Waals surface area contributed by atoms with Gasteiger partial charge in [-0.2, -0.15) is 0 Å². The van der Waals surface area contributed by atoms with Crippen molar-refractivity contribution in [3.63, 3.8) is 0 Å². The summed E-state index contributed by atoms with van der Waals surface area (Å²) in [5, 5.41) is 4.21. The quantitative estimate of drug-likeness (QED) is 0.831. The minimum atomic E-state index is 0.380. The summed E-state index contributed by atoms with van der Waals surface area (Å²) in [7, 11) is 0. The second-order valence-electron chi connectivity index (χ2n) is 6.43. The maximum absolute atomic E-state index is 5.61. The summed E-state index contributed by atoms with van der Waals surface area (Å²) >= 11 is 0. The van der Waals surface area contributed by atoms with Gasteiger partial charge in [-0.25, -0.2) is 0 Å². The molecule has 1 unspecified atom stereocenters. The first-order chi connectivity index (χ1) is 10.1. The Balaban J connectivity index is 1.75. The van der Waals surface area contributed by atoms with Crippen LogP contribution in [0.2, 0.25) is 0 Å². The summed E-state index contributed by atoms with van der Waals surface area (Å²) in [6, 6.07) is 11.3. The lowest BCUT2D eigenvalue weighted by molar-refractivity contribution is 0.206. The Morgan fingerprint density at radius 1 is 1.33 bits per heavy atom. The summed E-state index contributed by atoms with van der Waals surface area (Å²) in [4.78, 5) is 2.51. The van der Waals surface area contributed by atoms with Gasteiger partial charge in [0, 0.05) is 12.6 Å². The highest BCUT2D eigenvalue weighted by Crippen LogP contribution is 2.34. The molecule has 0 spiro atoms. The Hall–Kier alpha value is -1.61. The summed E-state index contributed by atoms with van der Waals surface area (Å²) in [6.45, 7) is 8.58. The number of likely N-dealkylation sites (tertiary alicyclic amines) is 1. The molecular weight excluding hydrogens is 260 g/mol. The predicted octanol–water partition coefficient (Wildman–Crippen LogP) is 4.44. The van der Waals surface area contributed by atoms with Crippen molar-refractivity contribution in [2.45, 2.75) is 52.1 Å². The Morgan fingerprint density at radius 2 is 2.19 bits per heavy atom. The largest absolute Gasteiger partial charge is 0.359 e. The number of nitrogens with zero attached hydrogens (tertiary/aromatic N) is 2. The first-order valence-electron chi connectivity index (χ1n) is 7.89. The molecule has 1 aliphatic heterocycles. The van der Waals surface area contributed by atoms with Gasteiger partial charge in [0.1, 0.15) is 0 Å². The fourth-order valence-electron chi connectivity index (χ4n) is 3.12. The summed E-state index contributed by atoms with van der Waals surface area (Å²) < 4.78 is 5.61. The molecule has 2 heterocycles. The monoisotopic (exact) mass is 284 g/mol. The minimum absolute atomic E-state index is 0.380. The fourth-order valence-corrected chi connectivity index (χ4v) is 3.12. The van der Waals surface area contributed by atoms with E-state index in [2.05, 4.69) is 61.2 Å². The third kappa shape index (κ3) is 3.18. The number of hydrogen-bond donors (Lipinski definition) is 0. The van der Waals surface area contributed by atoms with E-state index in [0.29, 0.717) is 12.0 Å². The average Bonchev–Trinajstić information content (AvgIpc) is 3.06. The van der Waals surface area contributed by atoms with Gasteiger partial charge >= 0.3 is 0 Å². The molecule has 21 heavy (non-hydrogen) atoms. The SMILES string of the molecule is Cc1cccc(CN2CCCC2c2cc(C(C)C)no2)c1. The molecule has 1 aromatic carbocycles. The van der Waals surface area contributed by atoms with Gasteiger partial charge in [0.25, 0.3) is 0 Å². The molecule has 0 N–H and O–H groups in total. The van der Waals surface area contributed by atoms with Crippen molar-refractivity contribution in [2.24, 2.45) is 0 Å². The number of aromatic nitrogens is 1. The Morgan fingerprint density at radius 3 is 2.90 bits per heavy atom. The number of hydrogen-bond acceptors (Lipinski definition) is 3. The third-order valence-corrected chi connectivity index (χ3v) is 4.30. The van der Waals surface area contributed by atoms with Crippen LogP contribution in [0.4, 0.5) is 0 Å². The maximum Gasteiger partial charge on any atom is 0.154 e. The molecule has 3 nitrogen and oxygen atoms in total. The van der Waals surface area contributed by atoms with Crippen LogP contribution < -0.4 is 0 Å². The standard InChI is InChI=1S/C18H24N2O/c1-13(2)16-11-18(21-19-16)17-8-5-9-20(17)12-15-7-4-6-14(3)10-15/h4,6-7,10-11,13,17H,5,8-9,12H2,1-3H3. The van der Waals surface area contributed by atoms with E-state index in [1.165, 1.54) is 24.0 Å². The molecular formula is C18H24N2O. The zero-order chi connectivity index (χ0) is 14.8. The van der Waals surface area contributed by atoms with Gasteiger partial charge in [-0.15, -0.1) is 0 Å². The lowest BCUT2D eigenvalue weighted by Crippen LogP contribution is -2.22. The molecule has 3 rings (SSSR count). The normalized spacial score (nSPS) is 19.5. The van der Waals surface area contributed by atoms with Crippen LogP contribution in [0.25, 0.3) is 0 Å². The molecule has 112 valence electrons. The van der Waals surface area contributed by atoms with E-state index in [0.717, 1.165) is 24.5 Å². The summed E-state index contributed by atoms with van der Waals surface area (Å²) in [5.74, 6) is 1.46. The number of aryl methyl sites for hydroxylation is 1. The van der Waals surface area contributed by atoms with Gasteiger partial charge in [-0.3, -0.25) is 4.90 Å². The Bertz CT molecular complexity index is 603. The minimum Gasteiger partial charge on any atom is -0.359 e. The van der Waals surface area contributed by atoms with Gasteiger partial charge in [-0.1, -0.05) is 48.8 Å². The predicted molar refractivity (Wildman–Crippen MR) is 84.2 cm³/mol. The molecule has 1 aromatic heterocycles. The summed E-state index contributed by atoms with van der Waals surface area (Å²) in [6.07, 6.45) is 2.40. The van der Waals surface area contributed by atoms with Crippen LogP contribution >= 0.6 is 0 Å². The number of rotatable bonds is 4. The Kier molecular flexibility index (Phi) is 4.11. The number of benzene rings is 1. The molecule has 0 amide bonds. The second kappa shape index (κ2) is 6.02. The van der Waals surface area contributed by atoms with E-state index in [-0.39, 0.29) is 0 Å². The smallest absolute Gasteiger partial charge is 0.154 e. The van der Waals surface area contributed by atoms with Crippen LogP contribution in [-0.4, -0.2) is 16.6 Å². The van der Waals surface area contributed by atoms with Crippen molar-refractivity contribution in [3.8, 4) is 0 Å². The van der Waals surface area contributed by atoms with Crippen LogP contribution in [0, 0.1) is 6.92 Å². The highest BCUT2D eigenvalue weighted by molar-refractivity contribution is 5.23. The van der Waals surface area contributed by atoms with Crippen LogP contribution in [0.5, 0.6) is 0 Å². The first-order valence-corrected chi connectivity index (χ1v) is 7.89. The van der Waals surface area contributed by atoms with E-state index in [1.54, 1.807) is 0 Å². The third-order valence-electron chi connectivity index (χ3n) is 4.30. The van der Waals surface area contributed by atoms with Gasteiger partial charge in [-0.05, 0) is 37.8 Å². The molecule has 0 bridgehead atoms. The molecule has 0 radical (unpaired) electrons. The van der Waals surface area contributed by atoms with Gasteiger partial charge in [0.15, 0.2) is 5.76 Å². The van der Waals surface area contributed by atoms with E-state index in [4.69, 9.17) is 4.52 Å². The van der Waals surface area contributed by atoms with Gasteiger partial charge < -0.3 is 4.52 Å².